The Kier molecular flexibility index (Phi) is 19.0. The minimum absolute atomic E-state index is 0. The molecule has 0 aliphatic rings. The first-order chi connectivity index (χ1) is 23.7. The van der Waals surface area contributed by atoms with Gasteiger partial charge in [-0.3, -0.25) is 0 Å². The predicted molar refractivity (Wildman–Crippen MR) is 177 cm³/mol. The Morgan fingerprint density at radius 2 is 0.569 bits per heavy atom. The fraction of sp³-hybridized carbons (Fsp3) is 0. The minimum atomic E-state index is -2.77. The zero-order valence-electron chi connectivity index (χ0n) is 26.4. The number of nitrogens with zero attached hydrogens (tertiary/aromatic N) is 4. The van der Waals surface area contributed by atoms with Gasteiger partial charge in [0, 0.05) is 24.8 Å². The Hall–Kier alpha value is -6.03. The summed E-state index contributed by atoms with van der Waals surface area (Å²) < 4.78 is 5.79. The van der Waals surface area contributed by atoms with E-state index in [0.717, 1.165) is 0 Å². The molecule has 2 N–H and O–H groups in total. The molecule has 4 aromatic carbocycles. The van der Waals surface area contributed by atoms with Gasteiger partial charge in [0.1, 0.15) is 0 Å². The van der Waals surface area contributed by atoms with E-state index in [2.05, 4.69) is 141 Å². The monoisotopic (exact) mass is 787 g/mol. The summed E-state index contributed by atoms with van der Waals surface area (Å²) in [6.45, 7) is 0. The van der Waals surface area contributed by atoms with Gasteiger partial charge in [-0.05, 0) is 12.1 Å². The molecule has 13 nitrogen and oxygen atoms in total. The Morgan fingerprint density at radius 3 is 0.745 bits per heavy atom. The summed E-state index contributed by atoms with van der Waals surface area (Å²) in [7, 11) is 0. The summed E-state index contributed by atoms with van der Waals surface area (Å²) in [5, 5.41) is 35.7. The number of hydrogen-bond donors (Lipinski definition) is 0. The van der Waals surface area contributed by atoms with Crippen molar-refractivity contribution in [3.05, 3.63) is 158 Å². The minimum Gasteiger partial charge on any atom is -0.234 e. The molecule has 51 heavy (non-hydrogen) atoms. The molecule has 0 fully saturated rings. The number of hydrogen-bond acceptors (Lipinski definition) is 12. The van der Waals surface area contributed by atoms with Crippen LogP contribution in [0.1, 0.15) is 0 Å². The predicted octanol–water partition coefficient (Wildman–Crippen LogP) is -3.86. The van der Waals surface area contributed by atoms with E-state index in [-0.39, 0.29) is 22.8 Å². The molecule has 0 amide bonds. The van der Waals surface area contributed by atoms with Crippen LogP contribution >= 0.6 is 0 Å². The van der Waals surface area contributed by atoms with Gasteiger partial charge in [-0.2, -0.15) is 0 Å². The van der Waals surface area contributed by atoms with Gasteiger partial charge in [0.05, 0.1) is 23.9 Å². The van der Waals surface area contributed by atoms with Gasteiger partial charge in [0.15, 0.2) is 11.6 Å². The van der Waals surface area contributed by atoms with Gasteiger partial charge in [0.25, 0.3) is 0 Å². The van der Waals surface area contributed by atoms with Crippen LogP contribution in [0.4, 0.5) is 0 Å². The zero-order valence-corrected chi connectivity index (χ0v) is 29.6. The molecule has 0 aliphatic carbocycles. The Balaban J connectivity index is 0.000000416. The van der Waals surface area contributed by atoms with Crippen LogP contribution in [0, 0.1) is 0 Å². The molecule has 0 aliphatic heterocycles. The van der Waals surface area contributed by atoms with Crippen molar-refractivity contribution in [1.82, 2.24) is 19.9 Å². The number of carbonyl (C=O) groups excluding carboxylic acids is 4. The summed E-state index contributed by atoms with van der Waals surface area (Å²) >= 11 is -2.77. The summed E-state index contributed by atoms with van der Waals surface area (Å²) in [6, 6.07) is 47.7. The smallest absolute Gasteiger partial charge is 0.197 e. The third kappa shape index (κ3) is 12.7. The van der Waals surface area contributed by atoms with E-state index in [1.807, 2.05) is 0 Å². The second kappa shape index (κ2) is 22.6. The normalized spacial score (nSPS) is 9.49. The molecule has 2 heterocycles. The van der Waals surface area contributed by atoms with Crippen LogP contribution in [0.2, 0.25) is 0 Å². The molecular formula is C36H28AsCrN4O9. The molecule has 6 aromatic rings. The van der Waals surface area contributed by atoms with Crippen molar-refractivity contribution in [1.29, 1.82) is 0 Å². The van der Waals surface area contributed by atoms with Crippen LogP contribution in [0.5, 0.6) is 0 Å². The summed E-state index contributed by atoms with van der Waals surface area (Å²) in [5.74, 6) is -7.63. The summed E-state index contributed by atoms with van der Waals surface area (Å²) in [4.78, 5) is 51.8. The number of aromatic nitrogens is 4. The van der Waals surface area contributed by atoms with Crippen molar-refractivity contribution in [2.75, 3.05) is 0 Å². The maximum absolute atomic E-state index is 8.93. The molecule has 15 heteroatoms. The topological polar surface area (TPSA) is 244 Å². The van der Waals surface area contributed by atoms with Gasteiger partial charge in [0.2, 0.25) is 0 Å². The van der Waals surface area contributed by atoms with Crippen LogP contribution in [0.15, 0.2) is 158 Å². The van der Waals surface area contributed by atoms with Crippen molar-refractivity contribution in [3.8, 4) is 11.6 Å². The fourth-order valence-corrected chi connectivity index (χ4v) is 13.3. The molecule has 0 unspecified atom stereocenters. The third-order valence-corrected chi connectivity index (χ3v) is 15.2. The molecule has 257 valence electrons. The average molecular weight is 788 g/mol. The number of carboxylic acids is 4. The Morgan fingerprint density at radius 1 is 0.373 bits per heavy atom. The van der Waals surface area contributed by atoms with Crippen LogP contribution in [0.3, 0.4) is 0 Å². The van der Waals surface area contributed by atoms with Crippen molar-refractivity contribution in [2.45, 2.75) is 0 Å². The summed E-state index contributed by atoms with van der Waals surface area (Å²) in [5.41, 5.74) is 0. The van der Waals surface area contributed by atoms with E-state index in [9.17, 15) is 0 Å². The van der Waals surface area contributed by atoms with E-state index in [4.69, 9.17) is 39.6 Å². The average Bonchev–Trinajstić information content (AvgIpc) is 3.15. The quantitative estimate of drug-likeness (QED) is 0.120. The second-order valence-corrected chi connectivity index (χ2v) is 16.5. The number of rotatable bonds is 5. The number of carboxylic acid groups (broad SMARTS) is 4. The van der Waals surface area contributed by atoms with Crippen molar-refractivity contribution in [2.24, 2.45) is 0 Å². The molecule has 0 saturated heterocycles. The molecule has 0 bridgehead atoms. The number of aliphatic carboxylic acids is 4. The number of carbonyl (C=O) groups is 4. The SMILES string of the molecule is O.O=C([O-])C(=O)[O-].O=C([O-])C(=O)[O-].[Cr+3].c1ccc([As+](c2ccccc2)(c2ccccc2)c2ccccc2)cc1.c1cnc(-c2ncccn2)nc1. The molecule has 0 spiro atoms. The number of benzene rings is 4. The van der Waals surface area contributed by atoms with Gasteiger partial charge in [-0.25, -0.2) is 19.9 Å². The van der Waals surface area contributed by atoms with Gasteiger partial charge in [-0.1, -0.05) is 0 Å². The largest absolute Gasteiger partial charge is 0.234 e. The molecule has 1 radical (unpaired) electrons. The van der Waals surface area contributed by atoms with E-state index in [1.54, 1.807) is 36.9 Å². The second-order valence-electron chi connectivity index (χ2n) is 9.31. The first-order valence-corrected chi connectivity index (χ1v) is 17.9. The van der Waals surface area contributed by atoms with Gasteiger partial charge < -0.3 is 45.1 Å². The Labute approximate surface area is 305 Å². The maximum Gasteiger partial charge on any atom is 0.197 e. The first kappa shape index (κ1) is 43.0. The first-order valence-electron chi connectivity index (χ1n) is 14.2. The van der Waals surface area contributed by atoms with E-state index >= 15 is 0 Å². The van der Waals surface area contributed by atoms with E-state index in [1.165, 1.54) is 17.4 Å². The molecule has 2 aromatic heterocycles. The summed E-state index contributed by atoms with van der Waals surface area (Å²) in [6.07, 6.45) is 6.66. The van der Waals surface area contributed by atoms with E-state index < -0.39 is 37.4 Å². The fourth-order valence-electron chi connectivity index (χ4n) is 4.33. The molecular weight excluding hydrogens is 759 g/mol. The van der Waals surface area contributed by atoms with Crippen molar-refractivity contribution < 1.29 is 62.4 Å². The molecule has 0 atom stereocenters. The van der Waals surface area contributed by atoms with Crippen molar-refractivity contribution >= 4 is 54.8 Å². The van der Waals surface area contributed by atoms with Crippen molar-refractivity contribution in [3.63, 3.8) is 0 Å². The van der Waals surface area contributed by atoms with Crippen LogP contribution in [0.25, 0.3) is 11.6 Å². The van der Waals surface area contributed by atoms with Gasteiger partial charge >= 0.3 is 170 Å². The maximum atomic E-state index is 8.93. The van der Waals surface area contributed by atoms with Crippen LogP contribution in [-0.2, 0) is 36.5 Å². The standard InChI is InChI=1S/C24H20As.C8H6N4.2C2H2O4.Cr.H2O/c1-5-13-21(14-6-1)25(22-15-7-2-8-16-22,23-17-9-3-10-18-23)24-19-11-4-12-20-24;1-3-9-7(10-4-1)8-11-5-2-6-12-8;2*3-1(4)2(5)6;;/h1-20H;1-6H;2*(H,3,4)(H,5,6);;1H2/q+1;;;;+3;/p-4. The molecule has 0 saturated carbocycles. The Bertz CT molecular complexity index is 1670. The third-order valence-electron chi connectivity index (χ3n) is 6.24. The molecule has 6 rings (SSSR count). The van der Waals surface area contributed by atoms with Crippen LogP contribution in [-0.4, -0.2) is 62.8 Å². The van der Waals surface area contributed by atoms with E-state index in [0.29, 0.717) is 11.6 Å². The van der Waals surface area contributed by atoms with Crippen LogP contribution < -0.4 is 37.8 Å². The zero-order chi connectivity index (χ0) is 35.5. The van der Waals surface area contributed by atoms with Gasteiger partial charge in [-0.15, -0.1) is 0 Å².